The summed E-state index contributed by atoms with van der Waals surface area (Å²) in [7, 11) is 0. The van der Waals surface area contributed by atoms with Crippen LogP contribution in [0.1, 0.15) is 11.1 Å². The highest BCUT2D eigenvalue weighted by Crippen LogP contribution is 2.11. The molecule has 0 fully saturated rings. The Morgan fingerprint density at radius 3 is 1.83 bits per heavy atom. The maximum Gasteiger partial charge on any atom is 0.422 e. The van der Waals surface area contributed by atoms with Gasteiger partial charge in [-0.1, -0.05) is 64.5 Å². The van der Waals surface area contributed by atoms with Crippen LogP contribution in [0.2, 0.25) is 0 Å². The Morgan fingerprint density at radius 2 is 1.20 bits per heavy atom. The van der Waals surface area contributed by atoms with Gasteiger partial charge in [-0.15, -0.1) is 0 Å². The van der Waals surface area contributed by atoms with E-state index in [1.807, 2.05) is 0 Å². The van der Waals surface area contributed by atoms with Crippen molar-refractivity contribution in [3.05, 3.63) is 162 Å². The average Bonchev–Trinajstić information content (AvgIpc) is 2.97. The first-order valence-electron chi connectivity index (χ1n) is 12.0. The molecule has 0 unspecified atom stereocenters. The molecule has 0 aliphatic rings. The van der Waals surface area contributed by atoms with Crippen LogP contribution in [0.25, 0.3) is 21.8 Å². The number of aromatic nitrogens is 2. The summed E-state index contributed by atoms with van der Waals surface area (Å²) in [6.07, 6.45) is 0. The second kappa shape index (κ2) is 13.4. The van der Waals surface area contributed by atoms with Gasteiger partial charge in [0.25, 0.3) is 0 Å². The first-order chi connectivity index (χ1) is 19.7. The van der Waals surface area contributed by atoms with Crippen molar-refractivity contribution in [3.63, 3.8) is 0 Å². The van der Waals surface area contributed by atoms with Crippen LogP contribution >= 0.6 is 15.9 Å². The lowest BCUT2D eigenvalue weighted by atomic mass is 10.2. The molecule has 8 nitrogen and oxygen atoms in total. The summed E-state index contributed by atoms with van der Waals surface area (Å²) in [5.74, 6) is -1.97. The van der Waals surface area contributed by atoms with Gasteiger partial charge < -0.3 is 8.83 Å². The molecule has 2 aromatic heterocycles. The van der Waals surface area contributed by atoms with E-state index in [9.17, 15) is 28.0 Å². The Hall–Kier alpha value is -4.90. The molecule has 0 saturated carbocycles. The van der Waals surface area contributed by atoms with Gasteiger partial charge in [0.15, 0.2) is 0 Å². The molecule has 0 saturated heterocycles. The van der Waals surface area contributed by atoms with Crippen molar-refractivity contribution in [2.75, 3.05) is 0 Å². The highest BCUT2D eigenvalue weighted by atomic mass is 79.9. The van der Waals surface area contributed by atoms with Crippen LogP contribution < -0.4 is 22.8 Å². The van der Waals surface area contributed by atoms with Gasteiger partial charge >= 0.3 is 22.8 Å². The monoisotopic (exact) mass is 622 g/mol. The number of hydrogen-bond acceptors (Lipinski definition) is 6. The Bertz CT molecular complexity index is 2010. The number of halogens is 3. The number of para-hydroxylation sites is 2. The Morgan fingerprint density at radius 1 is 0.659 bits per heavy atom. The predicted molar refractivity (Wildman–Crippen MR) is 154 cm³/mol. The zero-order valence-electron chi connectivity index (χ0n) is 21.2. The molecular formula is C30H21BrF2N2O6. The van der Waals surface area contributed by atoms with Crippen molar-refractivity contribution in [2.24, 2.45) is 0 Å². The van der Waals surface area contributed by atoms with Crippen molar-refractivity contribution in [3.8, 4) is 0 Å². The van der Waals surface area contributed by atoms with Gasteiger partial charge in [0.2, 0.25) is 0 Å². The summed E-state index contributed by atoms with van der Waals surface area (Å²) in [5.41, 5.74) is 1.58. The first kappa shape index (κ1) is 29.1. The highest BCUT2D eigenvalue weighted by Gasteiger charge is 2.09. The van der Waals surface area contributed by atoms with E-state index in [4.69, 9.17) is 4.42 Å². The molecule has 0 radical (unpaired) electrons. The van der Waals surface area contributed by atoms with Crippen molar-refractivity contribution >= 4 is 37.7 Å². The van der Waals surface area contributed by atoms with E-state index in [0.717, 1.165) is 16.5 Å². The minimum atomic E-state index is -0.724. The largest absolute Gasteiger partial charge is 0.422 e. The lowest BCUT2D eigenvalue weighted by molar-refractivity contribution is 0.425. The van der Waals surface area contributed by atoms with Crippen molar-refractivity contribution in [1.29, 1.82) is 0 Å². The number of alkyl halides is 1. The number of nitrogens with one attached hydrogen (secondary N) is 1. The molecule has 0 aliphatic carbocycles. The van der Waals surface area contributed by atoms with Gasteiger partial charge in [-0.05, 0) is 59.7 Å². The molecule has 6 aromatic rings. The third-order valence-corrected chi connectivity index (χ3v) is 6.35. The maximum atomic E-state index is 12.9. The van der Waals surface area contributed by atoms with E-state index in [1.54, 1.807) is 72.8 Å². The number of benzene rings is 4. The first-order valence-corrected chi connectivity index (χ1v) is 13.2. The van der Waals surface area contributed by atoms with Crippen LogP contribution in [0.3, 0.4) is 0 Å². The van der Waals surface area contributed by atoms with Crippen LogP contribution in [-0.4, -0.2) is 9.55 Å². The predicted octanol–water partition coefficient (Wildman–Crippen LogP) is 5.34. The Balaban J connectivity index is 0.000000156. The molecule has 1 N–H and O–H groups in total. The van der Waals surface area contributed by atoms with Crippen LogP contribution in [0, 0.1) is 11.6 Å². The molecular weight excluding hydrogens is 602 g/mol. The number of aromatic amines is 1. The fraction of sp³-hybridized carbons (Fsp3) is 0.0667. The Kier molecular flexibility index (Phi) is 9.54. The average molecular weight is 623 g/mol. The fourth-order valence-corrected chi connectivity index (χ4v) is 4.08. The van der Waals surface area contributed by atoms with Gasteiger partial charge in [-0.25, -0.2) is 28.0 Å². The number of rotatable bonds is 3. The fourth-order valence-electron chi connectivity index (χ4n) is 3.71. The van der Waals surface area contributed by atoms with E-state index in [0.29, 0.717) is 21.8 Å². The molecule has 0 aliphatic heterocycles. The van der Waals surface area contributed by atoms with Gasteiger partial charge in [-0.2, -0.15) is 0 Å². The second-order valence-electron chi connectivity index (χ2n) is 8.49. The lowest BCUT2D eigenvalue weighted by Crippen LogP contribution is -2.25. The molecule has 41 heavy (non-hydrogen) atoms. The summed E-state index contributed by atoms with van der Waals surface area (Å²) in [6, 6.07) is 25.6. The number of fused-ring (bicyclic) bond motifs is 2. The highest BCUT2D eigenvalue weighted by molar-refractivity contribution is 9.08. The quantitative estimate of drug-likeness (QED) is 0.266. The van der Waals surface area contributed by atoms with Crippen molar-refractivity contribution in [2.45, 2.75) is 11.9 Å². The summed E-state index contributed by atoms with van der Waals surface area (Å²) in [6.45, 7) is 0.212. The van der Waals surface area contributed by atoms with E-state index in [2.05, 4.69) is 25.3 Å². The zero-order valence-corrected chi connectivity index (χ0v) is 22.8. The van der Waals surface area contributed by atoms with E-state index < -0.39 is 22.8 Å². The maximum absolute atomic E-state index is 12.9. The second-order valence-corrected chi connectivity index (χ2v) is 9.05. The number of hydrogen-bond donors (Lipinski definition) is 1. The Labute approximate surface area is 238 Å². The summed E-state index contributed by atoms with van der Waals surface area (Å²) < 4.78 is 35.5. The smallest absolute Gasteiger partial charge is 0.372 e. The van der Waals surface area contributed by atoms with Crippen LogP contribution in [0.15, 0.2) is 125 Å². The SMILES string of the molecule is Fc1ccc(CBr)cc1.O=c1[nH]c2ccccc2c(=O)o1.O=c1oc(=O)n(Cc2ccc(F)cc2)c2ccccc12. The normalized spacial score (nSPS) is 10.4. The topological polar surface area (TPSA) is 115 Å². The molecule has 0 atom stereocenters. The van der Waals surface area contributed by atoms with Gasteiger partial charge in [0.1, 0.15) is 11.6 Å². The summed E-state index contributed by atoms with van der Waals surface area (Å²) in [5, 5.41) is 1.51. The number of H-pyrrole nitrogens is 1. The molecule has 0 spiro atoms. The van der Waals surface area contributed by atoms with E-state index >= 15 is 0 Å². The lowest BCUT2D eigenvalue weighted by Gasteiger charge is -2.08. The molecule has 6 rings (SSSR count). The van der Waals surface area contributed by atoms with Crippen LogP contribution in [0.5, 0.6) is 0 Å². The standard InChI is InChI=1S/C15H10FNO3.C8H5NO3.C7H6BrF/c16-11-7-5-10(6-8-11)9-17-13-4-2-1-3-12(13)14(18)20-15(17)19;10-7-5-3-1-2-4-6(5)9-8(11)12-7;8-5-6-1-3-7(9)4-2-6/h1-8H,9H2;1-4H,(H,9,11);1-4H,5H2. The molecule has 4 aromatic carbocycles. The molecule has 208 valence electrons. The molecule has 2 heterocycles. The van der Waals surface area contributed by atoms with Crippen LogP contribution in [0.4, 0.5) is 8.78 Å². The third kappa shape index (κ3) is 7.61. The van der Waals surface area contributed by atoms with Gasteiger partial charge in [-0.3, -0.25) is 9.55 Å². The van der Waals surface area contributed by atoms with Crippen molar-refractivity contribution < 1.29 is 17.6 Å². The number of nitrogens with zero attached hydrogens (tertiary/aromatic N) is 1. The van der Waals surface area contributed by atoms with Gasteiger partial charge in [0, 0.05) is 5.33 Å². The minimum Gasteiger partial charge on any atom is -0.372 e. The van der Waals surface area contributed by atoms with E-state index in [1.165, 1.54) is 28.8 Å². The minimum absolute atomic E-state index is 0.181. The zero-order chi connectivity index (χ0) is 29.4. The summed E-state index contributed by atoms with van der Waals surface area (Å²) in [4.78, 5) is 47.6. The molecule has 0 amide bonds. The van der Waals surface area contributed by atoms with Gasteiger partial charge in [0.05, 0.1) is 28.4 Å². The van der Waals surface area contributed by atoms with E-state index in [-0.39, 0.29) is 18.2 Å². The van der Waals surface area contributed by atoms with Crippen LogP contribution in [-0.2, 0) is 11.9 Å². The molecule has 0 bridgehead atoms. The third-order valence-electron chi connectivity index (χ3n) is 5.71. The summed E-state index contributed by atoms with van der Waals surface area (Å²) >= 11 is 3.26. The van der Waals surface area contributed by atoms with Crippen molar-refractivity contribution in [1.82, 2.24) is 9.55 Å². The molecule has 11 heteroatoms.